The fourth-order valence-electron chi connectivity index (χ4n) is 2.65. The molecule has 0 spiro atoms. The summed E-state index contributed by atoms with van der Waals surface area (Å²) < 4.78 is 0. The lowest BCUT2D eigenvalue weighted by atomic mass is 10.1. The lowest BCUT2D eigenvalue weighted by Gasteiger charge is -2.05. The zero-order valence-electron chi connectivity index (χ0n) is 11.5. The van der Waals surface area contributed by atoms with Crippen LogP contribution in [0.2, 0.25) is 0 Å². The van der Waals surface area contributed by atoms with Crippen LogP contribution in [0.3, 0.4) is 0 Å². The Balaban J connectivity index is 1.44. The zero-order chi connectivity index (χ0) is 13.1. The molecule has 1 saturated heterocycles. The molecule has 2 atom stereocenters. The van der Waals surface area contributed by atoms with Crippen LogP contribution in [-0.2, 0) is 6.42 Å². The van der Waals surface area contributed by atoms with Crippen molar-refractivity contribution in [2.24, 2.45) is 0 Å². The second kappa shape index (κ2) is 5.58. The molecule has 1 aliphatic rings. The summed E-state index contributed by atoms with van der Waals surface area (Å²) in [5.74, 6) is 0. The third-order valence-electron chi connectivity index (χ3n) is 3.93. The molecule has 0 aliphatic carbocycles. The summed E-state index contributed by atoms with van der Waals surface area (Å²) in [6.45, 7) is 4.59. The Bertz CT molecular complexity index is 515. The maximum atomic E-state index is 2.56. The molecule has 0 aromatic heterocycles. The van der Waals surface area contributed by atoms with Crippen molar-refractivity contribution in [2.45, 2.75) is 25.8 Å². The molecule has 1 fully saturated rings. The van der Waals surface area contributed by atoms with E-state index < -0.39 is 0 Å². The van der Waals surface area contributed by atoms with Crippen molar-refractivity contribution in [1.82, 2.24) is 4.90 Å². The molecule has 0 amide bonds. The number of benzene rings is 2. The van der Waals surface area contributed by atoms with Gasteiger partial charge in [-0.2, -0.15) is 0 Å². The highest BCUT2D eigenvalue weighted by atomic mass is 15.3. The van der Waals surface area contributed by atoms with Crippen LogP contribution in [0, 0.1) is 6.92 Å². The normalized spacial score (nSPS) is 21.3. The minimum absolute atomic E-state index is 0.680. The van der Waals surface area contributed by atoms with E-state index in [0.717, 1.165) is 0 Å². The monoisotopic (exact) mass is 251 g/mol. The molecule has 0 radical (unpaired) electrons. The first-order valence-electron chi connectivity index (χ1n) is 7.17. The topological polar surface area (TPSA) is 3.01 Å². The van der Waals surface area contributed by atoms with E-state index >= 15 is 0 Å². The minimum Gasteiger partial charge on any atom is -0.293 e. The Morgan fingerprint density at radius 2 is 1.74 bits per heavy atom. The van der Waals surface area contributed by atoms with Crippen molar-refractivity contribution in [3.63, 3.8) is 0 Å². The van der Waals surface area contributed by atoms with Crippen LogP contribution in [0.5, 0.6) is 0 Å². The van der Waals surface area contributed by atoms with Crippen LogP contribution in [-0.4, -0.2) is 18.0 Å². The van der Waals surface area contributed by atoms with Crippen molar-refractivity contribution < 1.29 is 0 Å². The second-order valence-electron chi connectivity index (χ2n) is 5.51. The van der Waals surface area contributed by atoms with E-state index in [1.54, 1.807) is 0 Å². The quantitative estimate of drug-likeness (QED) is 0.726. The summed E-state index contributed by atoms with van der Waals surface area (Å²) in [5, 5.41) is 0. The summed E-state index contributed by atoms with van der Waals surface area (Å²) in [6, 6.07) is 20.5. The summed E-state index contributed by atoms with van der Waals surface area (Å²) in [4.78, 5) is 2.56. The SMILES string of the molecule is Cc1ccc(CCCN2CC2c2ccccc2)cc1. The van der Waals surface area contributed by atoms with Gasteiger partial charge in [-0.1, -0.05) is 60.2 Å². The van der Waals surface area contributed by atoms with Crippen molar-refractivity contribution in [2.75, 3.05) is 13.1 Å². The van der Waals surface area contributed by atoms with Crippen LogP contribution in [0.25, 0.3) is 0 Å². The van der Waals surface area contributed by atoms with E-state index in [9.17, 15) is 0 Å². The average molecular weight is 251 g/mol. The third kappa shape index (κ3) is 3.24. The van der Waals surface area contributed by atoms with E-state index in [4.69, 9.17) is 0 Å². The van der Waals surface area contributed by atoms with Crippen molar-refractivity contribution in [1.29, 1.82) is 0 Å². The number of nitrogens with zero attached hydrogens (tertiary/aromatic N) is 1. The third-order valence-corrected chi connectivity index (χ3v) is 3.93. The smallest absolute Gasteiger partial charge is 0.0476 e. The maximum Gasteiger partial charge on any atom is 0.0476 e. The molecule has 2 aromatic carbocycles. The number of hydrogen-bond acceptors (Lipinski definition) is 1. The summed E-state index contributed by atoms with van der Waals surface area (Å²) in [7, 11) is 0. The molecule has 3 rings (SSSR count). The van der Waals surface area contributed by atoms with Gasteiger partial charge in [0, 0.05) is 12.6 Å². The molecule has 19 heavy (non-hydrogen) atoms. The summed E-state index contributed by atoms with van der Waals surface area (Å²) in [5.41, 5.74) is 4.28. The van der Waals surface area contributed by atoms with Gasteiger partial charge in [0.05, 0.1) is 0 Å². The maximum absolute atomic E-state index is 2.56. The Morgan fingerprint density at radius 1 is 1.00 bits per heavy atom. The fourth-order valence-corrected chi connectivity index (χ4v) is 2.65. The van der Waals surface area contributed by atoms with Gasteiger partial charge in [0.1, 0.15) is 0 Å². The molecular weight excluding hydrogens is 230 g/mol. The second-order valence-corrected chi connectivity index (χ2v) is 5.51. The van der Waals surface area contributed by atoms with Crippen LogP contribution >= 0.6 is 0 Å². The highest BCUT2D eigenvalue weighted by Crippen LogP contribution is 2.34. The fraction of sp³-hybridized carbons (Fsp3) is 0.333. The molecule has 1 heteroatoms. The zero-order valence-corrected chi connectivity index (χ0v) is 11.5. The Morgan fingerprint density at radius 3 is 2.47 bits per heavy atom. The van der Waals surface area contributed by atoms with Gasteiger partial charge in [0.25, 0.3) is 0 Å². The van der Waals surface area contributed by atoms with E-state index in [1.807, 2.05) is 0 Å². The Labute approximate surface area is 115 Å². The molecule has 2 aromatic rings. The van der Waals surface area contributed by atoms with Crippen LogP contribution < -0.4 is 0 Å². The molecule has 2 unspecified atom stereocenters. The number of aryl methyl sites for hydroxylation is 2. The Kier molecular flexibility index (Phi) is 3.65. The predicted octanol–water partition coefficient (Wildman–Crippen LogP) is 3.98. The molecule has 1 heterocycles. The van der Waals surface area contributed by atoms with Gasteiger partial charge in [0.15, 0.2) is 0 Å². The van der Waals surface area contributed by atoms with Gasteiger partial charge in [-0.25, -0.2) is 0 Å². The minimum atomic E-state index is 0.680. The average Bonchev–Trinajstić information content (AvgIpc) is 3.22. The van der Waals surface area contributed by atoms with Crippen LogP contribution in [0.4, 0.5) is 0 Å². The van der Waals surface area contributed by atoms with E-state index in [-0.39, 0.29) is 0 Å². The van der Waals surface area contributed by atoms with Crippen LogP contribution in [0.15, 0.2) is 54.6 Å². The van der Waals surface area contributed by atoms with Crippen molar-refractivity contribution in [3.05, 3.63) is 71.3 Å². The standard InChI is InChI=1S/C18H21N/c1-15-9-11-16(12-10-15)6-5-13-19-14-18(19)17-7-3-2-4-8-17/h2-4,7-12,18H,5-6,13-14H2,1H3. The van der Waals surface area contributed by atoms with E-state index in [0.29, 0.717) is 6.04 Å². The van der Waals surface area contributed by atoms with Crippen molar-refractivity contribution in [3.8, 4) is 0 Å². The van der Waals surface area contributed by atoms with Gasteiger partial charge >= 0.3 is 0 Å². The van der Waals surface area contributed by atoms with Gasteiger partial charge in [0.2, 0.25) is 0 Å². The molecule has 0 N–H and O–H groups in total. The highest BCUT2D eigenvalue weighted by molar-refractivity contribution is 5.24. The number of hydrogen-bond donors (Lipinski definition) is 0. The van der Waals surface area contributed by atoms with Gasteiger partial charge in [-0.05, 0) is 37.4 Å². The molecule has 0 bridgehead atoms. The largest absolute Gasteiger partial charge is 0.293 e. The lowest BCUT2D eigenvalue weighted by molar-refractivity contribution is 0.495. The summed E-state index contributed by atoms with van der Waals surface area (Å²) in [6.07, 6.45) is 2.45. The number of rotatable bonds is 5. The first kappa shape index (κ1) is 12.4. The first-order valence-corrected chi connectivity index (χ1v) is 7.17. The van der Waals surface area contributed by atoms with Gasteiger partial charge in [-0.15, -0.1) is 0 Å². The molecule has 0 saturated carbocycles. The molecule has 1 nitrogen and oxygen atoms in total. The van der Waals surface area contributed by atoms with E-state index in [2.05, 4.69) is 66.4 Å². The lowest BCUT2D eigenvalue weighted by Crippen LogP contribution is -2.02. The molecular formula is C18H21N. The molecule has 1 aliphatic heterocycles. The highest BCUT2D eigenvalue weighted by Gasteiger charge is 2.33. The van der Waals surface area contributed by atoms with Crippen LogP contribution in [0.1, 0.15) is 29.2 Å². The van der Waals surface area contributed by atoms with Gasteiger partial charge < -0.3 is 0 Å². The first-order chi connectivity index (χ1) is 9.33. The van der Waals surface area contributed by atoms with E-state index in [1.165, 1.54) is 42.6 Å². The van der Waals surface area contributed by atoms with Gasteiger partial charge in [-0.3, -0.25) is 4.90 Å². The van der Waals surface area contributed by atoms with Crippen molar-refractivity contribution >= 4 is 0 Å². The summed E-state index contributed by atoms with van der Waals surface area (Å²) >= 11 is 0. The Hall–Kier alpha value is -1.60. The molecule has 98 valence electrons. The predicted molar refractivity (Wildman–Crippen MR) is 80.3 cm³/mol.